The van der Waals surface area contributed by atoms with Gasteiger partial charge < -0.3 is 12.4 Å². The first-order valence-corrected chi connectivity index (χ1v) is 31.0. The van der Waals surface area contributed by atoms with Gasteiger partial charge in [-0.25, -0.2) is 0 Å². The van der Waals surface area contributed by atoms with E-state index in [0.29, 0.717) is 0 Å². The predicted octanol–water partition coefficient (Wildman–Crippen LogP) is 10.8. The summed E-state index contributed by atoms with van der Waals surface area (Å²) in [7, 11) is -1.78. The molecule has 6 heteroatoms. The molecule has 0 atom stereocenters. The molecule has 0 aliphatic rings. The molecule has 0 amide bonds. The number of hydrogen-bond donors (Lipinski definition) is 0. The van der Waals surface area contributed by atoms with Crippen molar-refractivity contribution in [3.05, 3.63) is 364 Å². The van der Waals surface area contributed by atoms with E-state index in [9.17, 15) is 0 Å². The zero-order valence-corrected chi connectivity index (χ0v) is 49.1. The van der Waals surface area contributed by atoms with Gasteiger partial charge >= 0.3 is 0 Å². The average molecular weight is 1190 g/mol. The van der Waals surface area contributed by atoms with E-state index in [0.717, 1.165) is 0 Å². The summed E-state index contributed by atoms with van der Waals surface area (Å²) in [6.45, 7) is 0. The molecule has 0 saturated heterocycles. The summed E-state index contributed by atoms with van der Waals surface area (Å²) in [6.07, 6.45) is 0. The zero-order valence-electron chi connectivity index (χ0n) is 43.1. The van der Waals surface area contributed by atoms with E-state index in [4.69, 9.17) is 0 Å². The molecule has 1 radical (unpaired) electrons. The summed E-state index contributed by atoms with van der Waals surface area (Å²) in [5.41, 5.74) is 0. The Morgan fingerprint density at radius 2 is 0.179 bits per heavy atom. The van der Waals surface area contributed by atoms with Crippen LogP contribution in [0.15, 0.2) is 364 Å². The van der Waals surface area contributed by atoms with E-state index in [-0.39, 0.29) is 31.9 Å². The average Bonchev–Trinajstić information content (AvgIpc) is 3.51. The van der Waals surface area contributed by atoms with E-state index >= 15 is 0 Å². The molecule has 0 heterocycles. The topological polar surface area (TPSA) is 0 Å². The molecule has 12 rings (SSSR count). The van der Waals surface area contributed by atoms with Crippen LogP contribution in [-0.4, -0.2) is 0 Å². The van der Waals surface area contributed by atoms with Gasteiger partial charge in [-0.15, -0.1) is 0 Å². The van der Waals surface area contributed by atoms with Crippen LogP contribution < -0.4 is 76.1 Å². The van der Waals surface area contributed by atoms with E-state index in [1.165, 1.54) is 63.7 Å². The molecule has 0 aliphatic heterocycles. The van der Waals surface area contributed by atoms with Gasteiger partial charge in [-0.2, -0.15) is 0 Å². The monoisotopic (exact) mass is 1190 g/mol. The summed E-state index contributed by atoms with van der Waals surface area (Å²) >= 11 is 0. The predicted molar refractivity (Wildman–Crippen MR) is 341 cm³/mol. The van der Waals surface area contributed by atoms with E-state index < -0.39 is 31.7 Å². The van der Waals surface area contributed by atoms with Crippen molar-refractivity contribution in [1.29, 1.82) is 0 Å². The van der Waals surface area contributed by atoms with Gasteiger partial charge in [0.15, 0.2) is 0 Å². The molecule has 0 unspecified atom stereocenters. The van der Waals surface area contributed by atoms with Crippen LogP contribution in [0.4, 0.5) is 0 Å². The maximum absolute atomic E-state index is 2.23. The molecule has 12 aromatic carbocycles. The Labute approximate surface area is 487 Å². The standard InChI is InChI=1S/4C18H15P.ClH.Rh/c4*1-4-10-16(11-5-1)19(17-12-6-2-7-13-17)18-14-8-3-9-15-18;;/h4*1-15H;1H;/p-1. The van der Waals surface area contributed by atoms with Crippen LogP contribution in [0.25, 0.3) is 0 Å². The van der Waals surface area contributed by atoms with Crippen molar-refractivity contribution in [3.63, 3.8) is 0 Å². The van der Waals surface area contributed by atoms with Crippen LogP contribution in [0.5, 0.6) is 0 Å². The Balaban J connectivity index is 0.000000149. The molecule has 0 N–H and O–H groups in total. The van der Waals surface area contributed by atoms with E-state index in [2.05, 4.69) is 364 Å². The molecular formula is C72H60ClP4Rh-. The van der Waals surface area contributed by atoms with Gasteiger partial charge in [0, 0.05) is 19.5 Å². The maximum atomic E-state index is 2.23. The van der Waals surface area contributed by atoms with Crippen LogP contribution in [0, 0.1) is 0 Å². The summed E-state index contributed by atoms with van der Waals surface area (Å²) in [6, 6.07) is 129. The van der Waals surface area contributed by atoms with Gasteiger partial charge in [0.05, 0.1) is 0 Å². The van der Waals surface area contributed by atoms with Crippen molar-refractivity contribution in [3.8, 4) is 0 Å². The largest absolute Gasteiger partial charge is 1.00 e. The van der Waals surface area contributed by atoms with Crippen LogP contribution in [0.1, 0.15) is 0 Å². The Kier molecular flexibility index (Phi) is 24.8. The van der Waals surface area contributed by atoms with Gasteiger partial charge in [-0.3, -0.25) is 0 Å². The summed E-state index contributed by atoms with van der Waals surface area (Å²) in [5, 5.41) is 16.8. The minimum absolute atomic E-state index is 0. The second-order valence-corrected chi connectivity index (χ2v) is 26.2. The quantitative estimate of drug-likeness (QED) is 0.0845. The molecular weight excluding hydrogens is 1130 g/mol. The molecule has 0 nitrogen and oxygen atoms in total. The SMILES string of the molecule is [Cl-].[Rh].c1ccc(P(c2ccccc2)c2ccccc2)cc1.c1ccc(P(c2ccccc2)c2ccccc2)cc1.c1ccc(P(c2ccccc2)c2ccccc2)cc1.c1ccc(P(c2ccccc2)c2ccccc2)cc1. The fraction of sp³-hybridized carbons (Fsp3) is 0. The van der Waals surface area contributed by atoms with Crippen LogP contribution in [0.2, 0.25) is 0 Å². The molecule has 78 heavy (non-hydrogen) atoms. The molecule has 0 spiro atoms. The molecule has 385 valence electrons. The third-order valence-corrected chi connectivity index (χ3v) is 21.9. The fourth-order valence-electron chi connectivity index (χ4n) is 8.71. The van der Waals surface area contributed by atoms with Crippen molar-refractivity contribution in [2.45, 2.75) is 0 Å². The van der Waals surface area contributed by atoms with Gasteiger partial charge in [-0.1, -0.05) is 364 Å². The van der Waals surface area contributed by atoms with Crippen molar-refractivity contribution < 1.29 is 31.9 Å². The smallest absolute Gasteiger partial charge is 0 e. The Morgan fingerprint density at radius 1 is 0.115 bits per heavy atom. The molecule has 0 aliphatic carbocycles. The van der Waals surface area contributed by atoms with Gasteiger partial charge in [-0.05, 0) is 95.3 Å². The number of rotatable bonds is 12. The Bertz CT molecular complexity index is 2580. The van der Waals surface area contributed by atoms with Gasteiger partial charge in [0.1, 0.15) is 0 Å². The first kappa shape index (κ1) is 58.9. The van der Waals surface area contributed by atoms with Crippen molar-refractivity contribution in [2.75, 3.05) is 0 Å². The molecule has 0 bridgehead atoms. The number of benzene rings is 12. The molecule has 0 fully saturated rings. The molecule has 0 saturated carbocycles. The Morgan fingerprint density at radius 3 is 0.244 bits per heavy atom. The Hall–Kier alpha value is -6.73. The molecule has 12 aromatic rings. The van der Waals surface area contributed by atoms with Crippen molar-refractivity contribution >= 4 is 95.3 Å². The van der Waals surface area contributed by atoms with Crippen molar-refractivity contribution in [1.82, 2.24) is 0 Å². The minimum atomic E-state index is -0.446. The van der Waals surface area contributed by atoms with Crippen molar-refractivity contribution in [2.24, 2.45) is 0 Å². The molecule has 0 aromatic heterocycles. The normalized spacial score (nSPS) is 10.3. The minimum Gasteiger partial charge on any atom is -1.00 e. The van der Waals surface area contributed by atoms with E-state index in [1.807, 2.05) is 0 Å². The third-order valence-electron chi connectivity index (χ3n) is 12.2. The summed E-state index contributed by atoms with van der Waals surface area (Å²) < 4.78 is 0. The van der Waals surface area contributed by atoms with Crippen LogP contribution in [0.3, 0.4) is 0 Å². The van der Waals surface area contributed by atoms with Gasteiger partial charge in [0.25, 0.3) is 0 Å². The maximum Gasteiger partial charge on any atom is 0 e. The first-order valence-electron chi connectivity index (χ1n) is 25.6. The zero-order chi connectivity index (χ0) is 51.7. The number of hydrogen-bond acceptors (Lipinski definition) is 0. The summed E-state index contributed by atoms with van der Waals surface area (Å²) in [5.74, 6) is 0. The second kappa shape index (κ2) is 32.9. The first-order chi connectivity index (χ1) is 37.8. The third kappa shape index (κ3) is 17.1. The second-order valence-electron chi connectivity index (χ2n) is 17.4. The fourth-order valence-corrected chi connectivity index (χ4v) is 17.9. The van der Waals surface area contributed by atoms with Gasteiger partial charge in [0.2, 0.25) is 0 Å². The number of halogens is 1. The van der Waals surface area contributed by atoms with Crippen LogP contribution >= 0.6 is 31.7 Å². The van der Waals surface area contributed by atoms with Crippen LogP contribution in [-0.2, 0) is 19.5 Å². The summed E-state index contributed by atoms with van der Waals surface area (Å²) in [4.78, 5) is 0. The van der Waals surface area contributed by atoms with E-state index in [1.54, 1.807) is 0 Å².